The molecule has 8 heteroatoms. The predicted octanol–water partition coefficient (Wildman–Crippen LogP) is 5.69. The molecule has 0 saturated heterocycles. The number of carbonyl (C=O) groups excluding carboxylic acids is 1. The summed E-state index contributed by atoms with van der Waals surface area (Å²) in [6.45, 7) is 5.65. The number of aromatic nitrogens is 2. The first-order valence-corrected chi connectivity index (χ1v) is 8.62. The number of rotatable bonds is 3. The molecule has 0 spiro atoms. The average Bonchev–Trinajstić information content (AvgIpc) is 2.91. The Balaban J connectivity index is 2.01. The van der Waals surface area contributed by atoms with Crippen LogP contribution >= 0.6 is 11.6 Å². The highest BCUT2D eigenvalue weighted by Gasteiger charge is 2.33. The summed E-state index contributed by atoms with van der Waals surface area (Å²) < 4.78 is 40.4. The van der Waals surface area contributed by atoms with E-state index in [0.717, 1.165) is 22.2 Å². The number of alkyl halides is 3. The fourth-order valence-corrected chi connectivity index (χ4v) is 3.04. The molecule has 142 valence electrons. The summed E-state index contributed by atoms with van der Waals surface area (Å²) >= 11 is 5.95. The lowest BCUT2D eigenvalue weighted by Gasteiger charge is -2.11. The van der Waals surface area contributed by atoms with Crippen LogP contribution in [0.4, 0.5) is 18.9 Å². The highest BCUT2D eigenvalue weighted by molar-refractivity contribution is 6.33. The van der Waals surface area contributed by atoms with Crippen LogP contribution in [0.25, 0.3) is 5.65 Å². The van der Waals surface area contributed by atoms with E-state index in [1.807, 2.05) is 12.1 Å². The van der Waals surface area contributed by atoms with Gasteiger partial charge in [-0.2, -0.15) is 13.2 Å². The zero-order chi connectivity index (χ0) is 19.9. The lowest BCUT2D eigenvalue weighted by molar-refractivity contribution is -0.137. The van der Waals surface area contributed by atoms with Crippen LogP contribution in [0.3, 0.4) is 0 Å². The zero-order valence-corrected chi connectivity index (χ0v) is 15.6. The van der Waals surface area contributed by atoms with Crippen LogP contribution in [-0.2, 0) is 6.18 Å². The van der Waals surface area contributed by atoms with Crippen LogP contribution < -0.4 is 5.32 Å². The van der Waals surface area contributed by atoms with Crippen LogP contribution in [0.1, 0.15) is 47.1 Å². The number of fused-ring (bicyclic) bond motifs is 1. The van der Waals surface area contributed by atoms with E-state index in [9.17, 15) is 18.0 Å². The summed E-state index contributed by atoms with van der Waals surface area (Å²) in [4.78, 5) is 16.8. The molecule has 0 bridgehead atoms. The van der Waals surface area contributed by atoms with Crippen molar-refractivity contribution >= 4 is 28.8 Å². The first kappa shape index (κ1) is 19.2. The van der Waals surface area contributed by atoms with Crippen molar-refractivity contribution in [2.75, 3.05) is 5.32 Å². The van der Waals surface area contributed by atoms with Crippen LogP contribution in [0.5, 0.6) is 0 Å². The molecule has 0 aliphatic rings. The van der Waals surface area contributed by atoms with Crippen molar-refractivity contribution in [1.29, 1.82) is 0 Å². The summed E-state index contributed by atoms with van der Waals surface area (Å²) in [6.07, 6.45) is -3.76. The van der Waals surface area contributed by atoms with Gasteiger partial charge in [0.25, 0.3) is 5.91 Å². The fraction of sp³-hybridized carbons (Fsp3) is 0.263. The number of halogens is 4. The molecule has 0 saturated carbocycles. The normalized spacial score (nSPS) is 12.0. The van der Waals surface area contributed by atoms with Gasteiger partial charge in [0, 0.05) is 11.9 Å². The molecule has 3 aromatic rings. The Hall–Kier alpha value is -2.54. The molecule has 0 fully saturated rings. The van der Waals surface area contributed by atoms with Crippen molar-refractivity contribution in [2.24, 2.45) is 0 Å². The molecule has 0 aliphatic heterocycles. The predicted molar refractivity (Wildman–Crippen MR) is 98.4 cm³/mol. The summed E-state index contributed by atoms with van der Waals surface area (Å²) in [6, 6.07) is 8.08. The van der Waals surface area contributed by atoms with Crippen molar-refractivity contribution < 1.29 is 18.0 Å². The fourth-order valence-electron chi connectivity index (χ4n) is 2.79. The van der Waals surface area contributed by atoms with Crippen molar-refractivity contribution in [1.82, 2.24) is 9.38 Å². The largest absolute Gasteiger partial charge is 0.417 e. The van der Waals surface area contributed by atoms with E-state index in [1.165, 1.54) is 0 Å². The van der Waals surface area contributed by atoms with Crippen LogP contribution in [0.15, 0.2) is 36.5 Å². The molecule has 1 aromatic carbocycles. The smallest absolute Gasteiger partial charge is 0.321 e. The number of benzene rings is 1. The third-order valence-corrected chi connectivity index (χ3v) is 4.51. The summed E-state index contributed by atoms with van der Waals surface area (Å²) in [5.74, 6) is -0.216. The van der Waals surface area contributed by atoms with Gasteiger partial charge in [-0.05, 0) is 36.6 Å². The monoisotopic (exact) mass is 395 g/mol. The molecule has 0 aliphatic carbocycles. The number of pyridine rings is 1. The summed E-state index contributed by atoms with van der Waals surface area (Å²) in [5, 5.41) is 2.52. The van der Waals surface area contributed by atoms with Crippen molar-refractivity contribution in [3.8, 4) is 0 Å². The highest BCUT2D eigenvalue weighted by Crippen LogP contribution is 2.33. The van der Waals surface area contributed by atoms with Gasteiger partial charge < -0.3 is 5.32 Å². The summed E-state index contributed by atoms with van der Waals surface area (Å²) in [5.41, 5.74) is 1.09. The highest BCUT2D eigenvalue weighted by atomic mass is 35.5. The van der Waals surface area contributed by atoms with Crippen molar-refractivity contribution in [3.05, 3.63) is 64.1 Å². The number of hydrogen-bond acceptors (Lipinski definition) is 2. The van der Waals surface area contributed by atoms with E-state index in [4.69, 9.17) is 11.6 Å². The Morgan fingerprint density at radius 2 is 1.85 bits per heavy atom. The standard InChI is InChI=1S/C19H17ClF3N3O/c1-10(2)12-4-6-14(7-5-12)25-18(27)16-11(3)24-17-15(20)8-13(9-26(16)17)19(21,22)23/h4-10H,1-3H3,(H,25,27). The minimum atomic E-state index is -4.59. The molecule has 0 unspecified atom stereocenters. The van der Waals surface area contributed by atoms with Gasteiger partial charge in [0.05, 0.1) is 16.3 Å². The van der Waals surface area contributed by atoms with Gasteiger partial charge in [-0.3, -0.25) is 9.20 Å². The first-order valence-electron chi connectivity index (χ1n) is 8.24. The minimum Gasteiger partial charge on any atom is -0.321 e. The van der Waals surface area contributed by atoms with E-state index < -0.39 is 17.6 Å². The second-order valence-electron chi connectivity index (χ2n) is 6.54. The zero-order valence-electron chi connectivity index (χ0n) is 14.9. The van der Waals surface area contributed by atoms with E-state index >= 15 is 0 Å². The Bertz CT molecular complexity index is 1010. The number of carbonyl (C=O) groups is 1. The lowest BCUT2D eigenvalue weighted by Crippen LogP contribution is -2.16. The maximum atomic E-state index is 13.1. The molecule has 2 heterocycles. The quantitative estimate of drug-likeness (QED) is 0.619. The Morgan fingerprint density at radius 3 is 2.41 bits per heavy atom. The average molecular weight is 396 g/mol. The molecule has 3 rings (SSSR count). The molecular weight excluding hydrogens is 379 g/mol. The van der Waals surface area contributed by atoms with E-state index in [0.29, 0.717) is 11.6 Å². The third-order valence-electron chi connectivity index (χ3n) is 4.23. The van der Waals surface area contributed by atoms with Crippen LogP contribution in [0.2, 0.25) is 5.02 Å². The molecule has 27 heavy (non-hydrogen) atoms. The van der Waals surface area contributed by atoms with Gasteiger partial charge in [-0.1, -0.05) is 37.6 Å². The summed E-state index contributed by atoms with van der Waals surface area (Å²) in [7, 11) is 0. The molecule has 2 aromatic heterocycles. The molecule has 0 radical (unpaired) electrons. The number of imidazole rings is 1. The lowest BCUT2D eigenvalue weighted by atomic mass is 10.0. The second kappa shape index (κ2) is 6.88. The van der Waals surface area contributed by atoms with Crippen molar-refractivity contribution in [2.45, 2.75) is 32.9 Å². The topological polar surface area (TPSA) is 46.4 Å². The second-order valence-corrected chi connectivity index (χ2v) is 6.95. The molecule has 0 atom stereocenters. The number of hydrogen-bond donors (Lipinski definition) is 1. The number of amides is 1. The maximum Gasteiger partial charge on any atom is 0.417 e. The third kappa shape index (κ3) is 3.78. The minimum absolute atomic E-state index is 0.00550. The number of nitrogens with zero attached hydrogens (tertiary/aromatic N) is 2. The maximum absolute atomic E-state index is 13.1. The van der Waals surface area contributed by atoms with Gasteiger partial charge in [-0.25, -0.2) is 4.98 Å². The van der Waals surface area contributed by atoms with E-state index in [1.54, 1.807) is 19.1 Å². The Morgan fingerprint density at radius 1 is 1.22 bits per heavy atom. The molecule has 1 N–H and O–H groups in total. The Kier molecular flexibility index (Phi) is 4.90. The van der Waals surface area contributed by atoms with Gasteiger partial charge in [0.15, 0.2) is 5.65 Å². The van der Waals surface area contributed by atoms with Gasteiger partial charge >= 0.3 is 6.18 Å². The number of anilines is 1. The van der Waals surface area contributed by atoms with E-state index in [-0.39, 0.29) is 22.1 Å². The SMILES string of the molecule is Cc1nc2c(Cl)cc(C(F)(F)F)cn2c1C(=O)Nc1ccc(C(C)C)cc1. The first-order chi connectivity index (χ1) is 12.6. The van der Waals surface area contributed by atoms with Crippen molar-refractivity contribution in [3.63, 3.8) is 0 Å². The van der Waals surface area contributed by atoms with Gasteiger partial charge in [0.1, 0.15) is 5.69 Å². The Labute approximate surface area is 159 Å². The molecule has 1 amide bonds. The van der Waals surface area contributed by atoms with Gasteiger partial charge in [0.2, 0.25) is 0 Å². The number of aryl methyl sites for hydroxylation is 1. The molecule has 4 nitrogen and oxygen atoms in total. The van der Waals surface area contributed by atoms with Crippen LogP contribution in [-0.4, -0.2) is 15.3 Å². The van der Waals surface area contributed by atoms with Gasteiger partial charge in [-0.15, -0.1) is 0 Å². The number of nitrogens with one attached hydrogen (secondary N) is 1. The van der Waals surface area contributed by atoms with E-state index in [2.05, 4.69) is 24.1 Å². The van der Waals surface area contributed by atoms with Crippen LogP contribution in [0, 0.1) is 6.92 Å². The molecular formula is C19H17ClF3N3O.